The monoisotopic (exact) mass is 522 g/mol. The topological polar surface area (TPSA) is 94.5 Å². The van der Waals surface area contributed by atoms with Crippen molar-refractivity contribution in [2.75, 3.05) is 11.9 Å². The van der Waals surface area contributed by atoms with Gasteiger partial charge in [0.05, 0.1) is 22.8 Å². The maximum absolute atomic E-state index is 13.6. The molecule has 37 heavy (non-hydrogen) atoms. The molecule has 4 rings (SSSR count). The fourth-order valence-corrected chi connectivity index (χ4v) is 5.52. The van der Waals surface area contributed by atoms with E-state index in [9.17, 15) is 22.4 Å². The van der Waals surface area contributed by atoms with E-state index in [2.05, 4.69) is 5.32 Å². The predicted octanol–water partition coefficient (Wildman–Crippen LogP) is 5.35. The Morgan fingerprint density at radius 2 is 1.76 bits per heavy atom. The Morgan fingerprint density at radius 3 is 2.49 bits per heavy atom. The molecule has 3 aromatic carbocycles. The zero-order valence-electron chi connectivity index (χ0n) is 20.3. The third-order valence-corrected chi connectivity index (χ3v) is 7.49. The molecule has 1 heterocycles. The first-order valence-electron chi connectivity index (χ1n) is 11.9. The molecule has 0 radical (unpaired) electrons. The minimum Gasteiger partial charge on any atom is -0.462 e. The number of hydrogen-bond acceptors (Lipinski definition) is 5. The summed E-state index contributed by atoms with van der Waals surface area (Å²) in [6.07, 6.45) is 3.16. The molecule has 1 aromatic heterocycles. The van der Waals surface area contributed by atoms with Gasteiger partial charge in [-0.2, -0.15) is 0 Å². The van der Waals surface area contributed by atoms with E-state index >= 15 is 0 Å². The summed E-state index contributed by atoms with van der Waals surface area (Å²) < 4.78 is 46.8. The van der Waals surface area contributed by atoms with E-state index in [4.69, 9.17) is 4.74 Å². The van der Waals surface area contributed by atoms with E-state index in [1.165, 1.54) is 24.4 Å². The molecule has 0 aliphatic carbocycles. The van der Waals surface area contributed by atoms with Gasteiger partial charge in [-0.15, -0.1) is 0 Å². The molecule has 0 unspecified atom stereocenters. The predicted molar refractivity (Wildman–Crippen MR) is 139 cm³/mol. The molecule has 0 aliphatic rings. The number of nitrogens with zero attached hydrogens (tertiary/aromatic N) is 1. The molecule has 0 saturated carbocycles. The SMILES string of the molecule is CCCCOC(=O)c1ccc(NC(=O)Cn2cc(S(=O)(=O)Cc3cccc(F)c3)c3ccccc32)cc1. The maximum atomic E-state index is 13.6. The van der Waals surface area contributed by atoms with Gasteiger partial charge in [0.25, 0.3) is 0 Å². The van der Waals surface area contributed by atoms with Gasteiger partial charge in [0.15, 0.2) is 9.84 Å². The number of fused-ring (bicyclic) bond motifs is 1. The van der Waals surface area contributed by atoms with Crippen molar-refractivity contribution < 1.29 is 27.1 Å². The Morgan fingerprint density at radius 1 is 1.00 bits per heavy atom. The van der Waals surface area contributed by atoms with E-state index in [0.29, 0.717) is 34.3 Å². The highest BCUT2D eigenvalue weighted by atomic mass is 32.2. The Hall–Kier alpha value is -3.98. The van der Waals surface area contributed by atoms with Gasteiger partial charge in [-0.1, -0.05) is 43.7 Å². The van der Waals surface area contributed by atoms with Crippen molar-refractivity contribution in [1.29, 1.82) is 0 Å². The molecule has 0 aliphatic heterocycles. The van der Waals surface area contributed by atoms with E-state index in [1.54, 1.807) is 59.2 Å². The molecular weight excluding hydrogens is 495 g/mol. The second-order valence-electron chi connectivity index (χ2n) is 8.64. The van der Waals surface area contributed by atoms with Crippen LogP contribution in [0.4, 0.5) is 10.1 Å². The summed E-state index contributed by atoms with van der Waals surface area (Å²) in [6.45, 7) is 2.24. The van der Waals surface area contributed by atoms with Crippen LogP contribution in [0.25, 0.3) is 10.9 Å². The van der Waals surface area contributed by atoms with Crippen LogP contribution in [0.15, 0.2) is 83.9 Å². The molecular formula is C28H27FN2O5S. The molecule has 0 bridgehead atoms. The summed E-state index contributed by atoms with van der Waals surface area (Å²) in [6, 6.07) is 18.8. The van der Waals surface area contributed by atoms with Crippen molar-refractivity contribution >= 4 is 38.3 Å². The molecule has 0 fully saturated rings. The van der Waals surface area contributed by atoms with Gasteiger partial charge < -0.3 is 14.6 Å². The van der Waals surface area contributed by atoms with Crippen molar-refractivity contribution in [1.82, 2.24) is 4.57 Å². The number of ether oxygens (including phenoxy) is 1. The number of halogens is 1. The lowest BCUT2D eigenvalue weighted by Crippen LogP contribution is -2.18. The number of amides is 1. The summed E-state index contributed by atoms with van der Waals surface area (Å²) in [5.41, 5.74) is 1.80. The summed E-state index contributed by atoms with van der Waals surface area (Å²) in [4.78, 5) is 24.9. The van der Waals surface area contributed by atoms with Crippen molar-refractivity contribution in [2.24, 2.45) is 0 Å². The van der Waals surface area contributed by atoms with Crippen molar-refractivity contribution in [3.8, 4) is 0 Å². The minimum atomic E-state index is -3.82. The van der Waals surface area contributed by atoms with E-state index in [0.717, 1.165) is 12.8 Å². The Kier molecular flexibility index (Phi) is 8.03. The smallest absolute Gasteiger partial charge is 0.338 e. The van der Waals surface area contributed by atoms with Gasteiger partial charge in [0.1, 0.15) is 12.4 Å². The normalized spacial score (nSPS) is 11.4. The Labute approximate surface area is 214 Å². The van der Waals surface area contributed by atoms with E-state index < -0.39 is 21.6 Å². The molecule has 4 aromatic rings. The maximum Gasteiger partial charge on any atom is 0.338 e. The molecule has 0 atom stereocenters. The average Bonchev–Trinajstić information content (AvgIpc) is 3.23. The second kappa shape index (κ2) is 11.4. The largest absolute Gasteiger partial charge is 0.462 e. The van der Waals surface area contributed by atoms with Crippen LogP contribution >= 0.6 is 0 Å². The lowest BCUT2D eigenvalue weighted by Gasteiger charge is -2.08. The lowest BCUT2D eigenvalue weighted by molar-refractivity contribution is -0.116. The second-order valence-corrected chi connectivity index (χ2v) is 10.6. The standard InChI is InChI=1S/C28H27FN2O5S/c1-2-3-15-36-28(33)21-11-13-23(14-12-21)30-27(32)18-31-17-26(24-9-4-5-10-25(24)31)37(34,35)19-20-7-6-8-22(29)16-20/h4-14,16-17H,2-3,15,18-19H2,1H3,(H,30,32). The van der Waals surface area contributed by atoms with Crippen LogP contribution in [0.1, 0.15) is 35.7 Å². The van der Waals surface area contributed by atoms with E-state index in [1.807, 2.05) is 6.92 Å². The highest BCUT2D eigenvalue weighted by Gasteiger charge is 2.22. The highest BCUT2D eigenvalue weighted by Crippen LogP contribution is 2.28. The molecule has 1 N–H and O–H groups in total. The van der Waals surface area contributed by atoms with Crippen molar-refractivity contribution in [3.63, 3.8) is 0 Å². The molecule has 7 nitrogen and oxygen atoms in total. The van der Waals surface area contributed by atoms with Gasteiger partial charge in [0, 0.05) is 22.8 Å². The third kappa shape index (κ3) is 6.42. The van der Waals surface area contributed by atoms with Crippen LogP contribution in [-0.2, 0) is 31.7 Å². The highest BCUT2D eigenvalue weighted by molar-refractivity contribution is 7.90. The number of esters is 1. The van der Waals surface area contributed by atoms with Gasteiger partial charge >= 0.3 is 5.97 Å². The number of nitrogens with one attached hydrogen (secondary N) is 1. The number of hydrogen-bond donors (Lipinski definition) is 1. The lowest BCUT2D eigenvalue weighted by atomic mass is 10.2. The fraction of sp³-hybridized carbons (Fsp3) is 0.214. The summed E-state index contributed by atoms with van der Waals surface area (Å²) in [5, 5.41) is 3.25. The zero-order chi connectivity index (χ0) is 26.4. The summed E-state index contributed by atoms with van der Waals surface area (Å²) >= 11 is 0. The minimum absolute atomic E-state index is 0.0751. The number of carbonyl (C=O) groups is 2. The van der Waals surface area contributed by atoms with E-state index in [-0.39, 0.29) is 23.1 Å². The molecule has 192 valence electrons. The Bertz CT molecular complexity index is 1530. The van der Waals surface area contributed by atoms with Crippen LogP contribution in [0.5, 0.6) is 0 Å². The third-order valence-electron chi connectivity index (χ3n) is 5.78. The van der Waals surface area contributed by atoms with Crippen molar-refractivity contribution in [2.45, 2.75) is 37.0 Å². The Balaban J connectivity index is 1.49. The quantitative estimate of drug-likeness (QED) is 0.224. The van der Waals surface area contributed by atoms with Crippen LogP contribution in [0, 0.1) is 5.82 Å². The van der Waals surface area contributed by atoms with Gasteiger partial charge in [-0.05, 0) is 54.4 Å². The average molecular weight is 523 g/mol. The van der Waals surface area contributed by atoms with Gasteiger partial charge in [0.2, 0.25) is 5.91 Å². The first-order chi connectivity index (χ1) is 17.8. The number of benzene rings is 3. The number of rotatable bonds is 10. The number of unbranched alkanes of at least 4 members (excludes halogenated alkanes) is 1. The molecule has 1 amide bonds. The summed E-state index contributed by atoms with van der Waals surface area (Å²) in [7, 11) is -3.82. The first-order valence-corrected chi connectivity index (χ1v) is 13.5. The zero-order valence-corrected chi connectivity index (χ0v) is 21.1. The van der Waals surface area contributed by atoms with Crippen LogP contribution in [0.2, 0.25) is 0 Å². The van der Waals surface area contributed by atoms with Crippen LogP contribution < -0.4 is 5.32 Å². The van der Waals surface area contributed by atoms with Crippen molar-refractivity contribution in [3.05, 3.63) is 95.9 Å². The first kappa shape index (κ1) is 26.1. The number of aromatic nitrogens is 1. The molecule has 0 saturated heterocycles. The van der Waals surface area contributed by atoms with Gasteiger partial charge in [-0.3, -0.25) is 4.79 Å². The number of carbonyl (C=O) groups excluding carboxylic acids is 2. The number of anilines is 1. The molecule has 0 spiro atoms. The van der Waals surface area contributed by atoms with Crippen LogP contribution in [-0.4, -0.2) is 31.5 Å². The molecule has 9 heteroatoms. The number of para-hydroxylation sites is 1. The fourth-order valence-electron chi connectivity index (χ4n) is 3.95. The van der Waals surface area contributed by atoms with Gasteiger partial charge in [-0.25, -0.2) is 17.6 Å². The number of sulfone groups is 1. The van der Waals surface area contributed by atoms with Crippen LogP contribution in [0.3, 0.4) is 0 Å². The summed E-state index contributed by atoms with van der Waals surface area (Å²) in [5.74, 6) is -1.66.